The normalized spacial score (nSPS) is 20.8. The Morgan fingerprint density at radius 2 is 1.50 bits per heavy atom. The molecule has 1 saturated heterocycles. The lowest BCUT2D eigenvalue weighted by Gasteiger charge is -2.37. The average Bonchev–Trinajstić information content (AvgIpc) is 2.88. The summed E-state index contributed by atoms with van der Waals surface area (Å²) in [5, 5.41) is 3.23. The summed E-state index contributed by atoms with van der Waals surface area (Å²) in [4.78, 5) is 32.3. The summed E-state index contributed by atoms with van der Waals surface area (Å²) in [6.07, 6.45) is 11.4. The largest absolute Gasteiger partial charge is 0.337 e. The van der Waals surface area contributed by atoms with Gasteiger partial charge in [-0.25, -0.2) is 9.18 Å². The van der Waals surface area contributed by atoms with E-state index in [2.05, 4.69) is 10.2 Å². The van der Waals surface area contributed by atoms with Crippen LogP contribution in [0.2, 0.25) is 0 Å². The maximum Gasteiger partial charge on any atom is 0.317 e. The Kier molecular flexibility index (Phi) is 9.19. The third-order valence-electron chi connectivity index (χ3n) is 7.83. The van der Waals surface area contributed by atoms with E-state index in [9.17, 15) is 14.0 Å². The highest BCUT2D eigenvalue weighted by molar-refractivity contribution is 5.79. The van der Waals surface area contributed by atoms with Crippen molar-refractivity contribution in [1.82, 2.24) is 20.0 Å². The summed E-state index contributed by atoms with van der Waals surface area (Å²) >= 11 is 0. The molecule has 0 radical (unpaired) electrons. The Hall–Kier alpha value is -2.15. The van der Waals surface area contributed by atoms with E-state index in [0.717, 1.165) is 76.8 Å². The van der Waals surface area contributed by atoms with Crippen LogP contribution in [0, 0.1) is 11.7 Å². The zero-order chi connectivity index (χ0) is 23.8. The monoisotopic (exact) mass is 472 g/mol. The van der Waals surface area contributed by atoms with Crippen LogP contribution in [-0.2, 0) is 11.3 Å². The topological polar surface area (TPSA) is 55.9 Å². The molecule has 2 saturated carbocycles. The predicted octanol–water partition coefficient (Wildman–Crippen LogP) is 4.39. The van der Waals surface area contributed by atoms with Crippen LogP contribution in [0.4, 0.5) is 9.18 Å². The van der Waals surface area contributed by atoms with Crippen molar-refractivity contribution in [1.29, 1.82) is 0 Å². The van der Waals surface area contributed by atoms with Crippen molar-refractivity contribution in [3.05, 3.63) is 35.6 Å². The summed E-state index contributed by atoms with van der Waals surface area (Å²) in [7, 11) is 0. The number of amides is 3. The Balaban J connectivity index is 1.27. The maximum absolute atomic E-state index is 13.4. The average molecular weight is 473 g/mol. The van der Waals surface area contributed by atoms with E-state index in [-0.39, 0.29) is 23.7 Å². The molecule has 7 heteroatoms. The van der Waals surface area contributed by atoms with Crippen molar-refractivity contribution >= 4 is 11.9 Å². The minimum Gasteiger partial charge on any atom is -0.337 e. The number of piperazine rings is 1. The van der Waals surface area contributed by atoms with Crippen LogP contribution in [0.1, 0.15) is 69.8 Å². The van der Waals surface area contributed by atoms with Gasteiger partial charge in [0.25, 0.3) is 0 Å². The fourth-order valence-electron chi connectivity index (χ4n) is 5.63. The molecular weight excluding hydrogens is 431 g/mol. The molecule has 6 nitrogen and oxygen atoms in total. The molecule has 1 N–H and O–H groups in total. The van der Waals surface area contributed by atoms with E-state index in [1.165, 1.54) is 37.8 Å². The highest BCUT2D eigenvalue weighted by Crippen LogP contribution is 2.26. The smallest absolute Gasteiger partial charge is 0.317 e. The molecule has 3 amide bonds. The number of carbonyl (C=O) groups is 2. The van der Waals surface area contributed by atoms with Gasteiger partial charge in [-0.05, 0) is 43.4 Å². The van der Waals surface area contributed by atoms with E-state index >= 15 is 0 Å². The van der Waals surface area contributed by atoms with Crippen LogP contribution < -0.4 is 5.32 Å². The second kappa shape index (κ2) is 12.5. The second-order valence-electron chi connectivity index (χ2n) is 10.3. The number of rotatable bonds is 7. The Labute approximate surface area is 203 Å². The Morgan fingerprint density at radius 3 is 2.15 bits per heavy atom. The Morgan fingerprint density at radius 1 is 0.882 bits per heavy atom. The van der Waals surface area contributed by atoms with E-state index in [1.807, 2.05) is 9.80 Å². The van der Waals surface area contributed by atoms with Gasteiger partial charge in [-0.1, -0.05) is 50.7 Å². The molecule has 34 heavy (non-hydrogen) atoms. The fraction of sp³-hybridized carbons (Fsp3) is 0.704. The van der Waals surface area contributed by atoms with Crippen LogP contribution >= 0.6 is 0 Å². The van der Waals surface area contributed by atoms with Gasteiger partial charge in [0.2, 0.25) is 5.91 Å². The maximum atomic E-state index is 13.4. The van der Waals surface area contributed by atoms with Gasteiger partial charge in [0.1, 0.15) is 5.82 Å². The quantitative estimate of drug-likeness (QED) is 0.640. The molecule has 0 spiro atoms. The van der Waals surface area contributed by atoms with Crippen molar-refractivity contribution in [3.63, 3.8) is 0 Å². The summed E-state index contributed by atoms with van der Waals surface area (Å²) in [5.74, 6) is 0.114. The van der Waals surface area contributed by atoms with Gasteiger partial charge in [-0.15, -0.1) is 0 Å². The molecule has 0 atom stereocenters. The number of nitrogens with zero attached hydrogens (tertiary/aromatic N) is 3. The number of hydrogen-bond donors (Lipinski definition) is 1. The standard InChI is InChI=1S/C27H41FN4O2/c28-24-13-11-22(12-14-24)21-32(26(33)23-7-3-1-4-8-23)20-17-30-15-18-31(19-16-30)27(34)29-25-9-5-2-6-10-25/h11-14,23,25H,1-10,15-21H2,(H,29,34). The van der Waals surface area contributed by atoms with Crippen LogP contribution in [0.3, 0.4) is 0 Å². The molecular formula is C27H41FN4O2. The fourth-order valence-corrected chi connectivity index (χ4v) is 5.63. The minimum atomic E-state index is -0.251. The predicted molar refractivity (Wildman–Crippen MR) is 132 cm³/mol. The van der Waals surface area contributed by atoms with Crippen molar-refractivity contribution in [3.8, 4) is 0 Å². The van der Waals surface area contributed by atoms with Crippen molar-refractivity contribution in [2.75, 3.05) is 39.3 Å². The summed E-state index contributed by atoms with van der Waals surface area (Å²) < 4.78 is 13.4. The first-order valence-electron chi connectivity index (χ1n) is 13.4. The highest BCUT2D eigenvalue weighted by atomic mass is 19.1. The molecule has 3 aliphatic rings. The van der Waals surface area contributed by atoms with Gasteiger partial charge >= 0.3 is 6.03 Å². The number of hydrogen-bond acceptors (Lipinski definition) is 3. The van der Waals surface area contributed by atoms with Gasteiger partial charge < -0.3 is 15.1 Å². The van der Waals surface area contributed by atoms with E-state index < -0.39 is 0 Å². The van der Waals surface area contributed by atoms with Crippen LogP contribution in [0.15, 0.2) is 24.3 Å². The van der Waals surface area contributed by atoms with E-state index in [4.69, 9.17) is 0 Å². The Bertz CT molecular complexity index is 782. The number of urea groups is 1. The van der Waals surface area contributed by atoms with Gasteiger partial charge in [0, 0.05) is 57.8 Å². The first-order valence-corrected chi connectivity index (χ1v) is 13.4. The molecule has 0 bridgehead atoms. The van der Waals surface area contributed by atoms with E-state index in [1.54, 1.807) is 12.1 Å². The van der Waals surface area contributed by atoms with Crippen molar-refractivity contribution in [2.24, 2.45) is 5.92 Å². The van der Waals surface area contributed by atoms with Gasteiger partial charge in [0.05, 0.1) is 0 Å². The molecule has 1 aromatic carbocycles. The summed E-state index contributed by atoms with van der Waals surface area (Å²) in [6, 6.07) is 6.91. The molecule has 4 rings (SSSR count). The van der Waals surface area contributed by atoms with Crippen LogP contribution in [-0.4, -0.2) is 71.9 Å². The van der Waals surface area contributed by atoms with Crippen molar-refractivity contribution < 1.29 is 14.0 Å². The third-order valence-corrected chi connectivity index (χ3v) is 7.83. The van der Waals surface area contributed by atoms with Crippen LogP contribution in [0.5, 0.6) is 0 Å². The SMILES string of the molecule is O=C(NC1CCCCC1)N1CCN(CCN(Cc2ccc(F)cc2)C(=O)C2CCCCC2)CC1. The van der Waals surface area contributed by atoms with Gasteiger partial charge in [-0.2, -0.15) is 0 Å². The van der Waals surface area contributed by atoms with E-state index in [0.29, 0.717) is 19.1 Å². The van der Waals surface area contributed by atoms with Crippen molar-refractivity contribution in [2.45, 2.75) is 76.8 Å². The highest BCUT2D eigenvalue weighted by Gasteiger charge is 2.28. The zero-order valence-electron chi connectivity index (χ0n) is 20.5. The zero-order valence-corrected chi connectivity index (χ0v) is 20.5. The number of halogens is 1. The number of benzene rings is 1. The molecule has 3 fully saturated rings. The summed E-state index contributed by atoms with van der Waals surface area (Å²) in [6.45, 7) is 5.12. The second-order valence-corrected chi connectivity index (χ2v) is 10.3. The minimum absolute atomic E-state index is 0.0805. The molecule has 1 aromatic rings. The lowest BCUT2D eigenvalue weighted by molar-refractivity contribution is -0.137. The molecule has 0 aromatic heterocycles. The lowest BCUT2D eigenvalue weighted by atomic mass is 9.88. The third kappa shape index (κ3) is 7.17. The first-order chi connectivity index (χ1) is 16.6. The molecule has 1 heterocycles. The molecule has 2 aliphatic carbocycles. The molecule has 1 aliphatic heterocycles. The van der Waals surface area contributed by atoms with Crippen LogP contribution in [0.25, 0.3) is 0 Å². The molecule has 188 valence electrons. The summed E-state index contributed by atoms with van der Waals surface area (Å²) in [5.41, 5.74) is 0.967. The molecule has 0 unspecified atom stereocenters. The lowest BCUT2D eigenvalue weighted by Crippen LogP contribution is -2.54. The van der Waals surface area contributed by atoms with Gasteiger partial charge in [0.15, 0.2) is 0 Å². The van der Waals surface area contributed by atoms with Gasteiger partial charge in [-0.3, -0.25) is 9.69 Å². The first kappa shape index (κ1) is 25.0. The number of nitrogens with one attached hydrogen (secondary N) is 1. The number of carbonyl (C=O) groups excluding carboxylic acids is 2.